The van der Waals surface area contributed by atoms with Gasteiger partial charge in [-0.15, -0.1) is 5.10 Å². The van der Waals surface area contributed by atoms with Gasteiger partial charge in [0.2, 0.25) is 11.8 Å². The van der Waals surface area contributed by atoms with Gasteiger partial charge in [-0.05, 0) is 23.8 Å². The topological polar surface area (TPSA) is 115 Å². The van der Waals surface area contributed by atoms with Gasteiger partial charge in [-0.2, -0.15) is 4.52 Å². The lowest BCUT2D eigenvalue weighted by Crippen LogP contribution is -2.27. The van der Waals surface area contributed by atoms with Crippen molar-refractivity contribution >= 4 is 17.5 Å². The minimum Gasteiger partial charge on any atom is -0.461 e. The minimum atomic E-state index is -0.273. The van der Waals surface area contributed by atoms with E-state index in [4.69, 9.17) is 10.2 Å². The summed E-state index contributed by atoms with van der Waals surface area (Å²) in [6, 6.07) is 8.76. The standard InChI is InChI=1S/C17H15N7O2/c1-23(10-11-4-2-6-19-9-11)16(25)12-8-14-21-15(13-5-3-7-26-13)22-24(14)17(18)20-12/h2-9H,10H2,1H3,(H2,18,20). The summed E-state index contributed by atoms with van der Waals surface area (Å²) in [5, 5.41) is 4.26. The first kappa shape index (κ1) is 15.8. The lowest BCUT2D eigenvalue weighted by molar-refractivity contribution is 0.0779. The van der Waals surface area contributed by atoms with Crippen molar-refractivity contribution in [1.29, 1.82) is 0 Å². The molecule has 130 valence electrons. The lowest BCUT2D eigenvalue weighted by Gasteiger charge is -2.16. The summed E-state index contributed by atoms with van der Waals surface area (Å²) in [5.41, 5.74) is 7.48. The Morgan fingerprint density at radius 3 is 2.92 bits per heavy atom. The number of rotatable bonds is 4. The van der Waals surface area contributed by atoms with E-state index in [9.17, 15) is 4.79 Å². The number of hydrogen-bond acceptors (Lipinski definition) is 7. The molecule has 0 aromatic carbocycles. The van der Waals surface area contributed by atoms with Gasteiger partial charge in [0.05, 0.1) is 6.26 Å². The number of carbonyl (C=O) groups excluding carboxylic acids is 1. The highest BCUT2D eigenvalue weighted by atomic mass is 16.3. The van der Waals surface area contributed by atoms with Gasteiger partial charge in [0.15, 0.2) is 11.4 Å². The van der Waals surface area contributed by atoms with Gasteiger partial charge in [0, 0.05) is 32.1 Å². The van der Waals surface area contributed by atoms with Crippen LogP contribution >= 0.6 is 0 Å². The fourth-order valence-electron chi connectivity index (χ4n) is 2.56. The maximum Gasteiger partial charge on any atom is 0.272 e. The predicted molar refractivity (Wildman–Crippen MR) is 92.9 cm³/mol. The Morgan fingerprint density at radius 1 is 1.31 bits per heavy atom. The van der Waals surface area contributed by atoms with Gasteiger partial charge in [-0.1, -0.05) is 6.07 Å². The van der Waals surface area contributed by atoms with Crippen molar-refractivity contribution in [2.24, 2.45) is 0 Å². The Morgan fingerprint density at radius 2 is 2.19 bits per heavy atom. The van der Waals surface area contributed by atoms with Gasteiger partial charge in [-0.3, -0.25) is 9.78 Å². The quantitative estimate of drug-likeness (QED) is 0.595. The highest BCUT2D eigenvalue weighted by Gasteiger charge is 2.18. The number of furan rings is 1. The molecule has 0 bridgehead atoms. The van der Waals surface area contributed by atoms with Crippen molar-refractivity contribution < 1.29 is 9.21 Å². The van der Waals surface area contributed by atoms with Crippen LogP contribution in [0, 0.1) is 0 Å². The van der Waals surface area contributed by atoms with Crippen LogP contribution in [0.2, 0.25) is 0 Å². The first-order valence-electron chi connectivity index (χ1n) is 7.83. The maximum atomic E-state index is 12.7. The van der Waals surface area contributed by atoms with Gasteiger partial charge >= 0.3 is 0 Å². The summed E-state index contributed by atoms with van der Waals surface area (Å²) < 4.78 is 6.66. The van der Waals surface area contributed by atoms with Crippen LogP contribution < -0.4 is 5.73 Å². The van der Waals surface area contributed by atoms with Gasteiger partial charge in [0.25, 0.3) is 5.91 Å². The van der Waals surface area contributed by atoms with E-state index in [0.29, 0.717) is 23.8 Å². The molecule has 0 fully saturated rings. The van der Waals surface area contributed by atoms with Crippen molar-refractivity contribution in [2.75, 3.05) is 12.8 Å². The van der Waals surface area contributed by atoms with Crippen LogP contribution in [0.25, 0.3) is 17.2 Å². The highest BCUT2D eigenvalue weighted by molar-refractivity contribution is 5.93. The molecule has 0 unspecified atom stereocenters. The van der Waals surface area contributed by atoms with Gasteiger partial charge in [-0.25, -0.2) is 9.97 Å². The first-order valence-corrected chi connectivity index (χ1v) is 7.83. The molecule has 0 saturated heterocycles. The monoisotopic (exact) mass is 349 g/mol. The molecular weight excluding hydrogens is 334 g/mol. The second-order valence-electron chi connectivity index (χ2n) is 5.70. The van der Waals surface area contributed by atoms with Gasteiger partial charge in [0.1, 0.15) is 5.69 Å². The number of aromatic nitrogens is 5. The second-order valence-corrected chi connectivity index (χ2v) is 5.70. The first-order chi connectivity index (χ1) is 12.6. The molecule has 1 amide bonds. The molecule has 4 aromatic heterocycles. The van der Waals surface area contributed by atoms with Gasteiger partial charge < -0.3 is 15.1 Å². The summed E-state index contributed by atoms with van der Waals surface area (Å²) in [4.78, 5) is 26.8. The van der Waals surface area contributed by atoms with Crippen LogP contribution in [0.15, 0.2) is 53.4 Å². The third-order valence-electron chi connectivity index (χ3n) is 3.80. The number of fused-ring (bicyclic) bond motifs is 1. The largest absolute Gasteiger partial charge is 0.461 e. The predicted octanol–water partition coefficient (Wildman–Crippen LogP) is 1.63. The average molecular weight is 349 g/mol. The molecule has 4 aromatic rings. The second kappa shape index (κ2) is 6.28. The van der Waals surface area contributed by atoms with E-state index in [1.165, 1.54) is 10.8 Å². The Kier molecular flexibility index (Phi) is 3.81. The number of pyridine rings is 1. The van der Waals surface area contributed by atoms with Crippen molar-refractivity contribution in [3.63, 3.8) is 0 Å². The minimum absolute atomic E-state index is 0.0749. The summed E-state index contributed by atoms with van der Waals surface area (Å²) >= 11 is 0. The van der Waals surface area contributed by atoms with Crippen molar-refractivity contribution in [1.82, 2.24) is 29.5 Å². The fourth-order valence-corrected chi connectivity index (χ4v) is 2.56. The number of nitrogens with two attached hydrogens (primary N) is 1. The molecule has 4 rings (SSSR count). The summed E-state index contributed by atoms with van der Waals surface area (Å²) in [7, 11) is 1.69. The molecule has 4 heterocycles. The number of anilines is 1. The molecule has 9 heteroatoms. The molecule has 0 atom stereocenters. The Bertz CT molecular complexity index is 1060. The average Bonchev–Trinajstić information content (AvgIpc) is 3.31. The molecule has 2 N–H and O–H groups in total. The number of nitrogen functional groups attached to an aromatic ring is 1. The van der Waals surface area contributed by atoms with Crippen LogP contribution in [0.4, 0.5) is 5.95 Å². The van der Waals surface area contributed by atoms with E-state index in [2.05, 4.69) is 20.1 Å². The van der Waals surface area contributed by atoms with Crippen LogP contribution in [0.3, 0.4) is 0 Å². The number of amides is 1. The van der Waals surface area contributed by atoms with Crippen molar-refractivity contribution in [3.8, 4) is 11.6 Å². The summed E-state index contributed by atoms with van der Waals surface area (Å²) in [5.74, 6) is 0.683. The Hall–Kier alpha value is -3.75. The van der Waals surface area contributed by atoms with E-state index in [0.717, 1.165) is 5.56 Å². The maximum absolute atomic E-state index is 12.7. The van der Waals surface area contributed by atoms with Crippen LogP contribution in [0.1, 0.15) is 16.1 Å². The van der Waals surface area contributed by atoms with Crippen LogP contribution in [-0.2, 0) is 6.54 Å². The van der Waals surface area contributed by atoms with E-state index >= 15 is 0 Å². The fraction of sp³-hybridized carbons (Fsp3) is 0.118. The zero-order chi connectivity index (χ0) is 18.1. The third-order valence-corrected chi connectivity index (χ3v) is 3.80. The summed E-state index contributed by atoms with van der Waals surface area (Å²) in [6.07, 6.45) is 4.93. The number of hydrogen-bond donors (Lipinski definition) is 1. The SMILES string of the molecule is CN(Cc1cccnc1)C(=O)c1cc2nc(-c3ccco3)nn2c(N)n1. The molecule has 0 aliphatic carbocycles. The third kappa shape index (κ3) is 2.86. The molecular formula is C17H15N7O2. The molecule has 0 aliphatic heterocycles. The molecule has 0 spiro atoms. The molecule has 0 radical (unpaired) electrons. The molecule has 0 aliphatic rings. The molecule has 26 heavy (non-hydrogen) atoms. The molecule has 9 nitrogen and oxygen atoms in total. The van der Waals surface area contributed by atoms with E-state index in [1.54, 1.807) is 42.5 Å². The normalized spacial score (nSPS) is 11.0. The van der Waals surface area contributed by atoms with E-state index in [1.807, 2.05) is 12.1 Å². The molecule has 0 saturated carbocycles. The Balaban J connectivity index is 1.64. The van der Waals surface area contributed by atoms with Crippen molar-refractivity contribution in [3.05, 3.63) is 60.2 Å². The van der Waals surface area contributed by atoms with Crippen LogP contribution in [0.5, 0.6) is 0 Å². The smallest absolute Gasteiger partial charge is 0.272 e. The lowest BCUT2D eigenvalue weighted by atomic mass is 10.2. The highest BCUT2D eigenvalue weighted by Crippen LogP contribution is 2.18. The number of nitrogens with zero attached hydrogens (tertiary/aromatic N) is 6. The van der Waals surface area contributed by atoms with Crippen molar-refractivity contribution in [2.45, 2.75) is 6.54 Å². The van der Waals surface area contributed by atoms with Crippen LogP contribution in [-0.4, -0.2) is 42.4 Å². The zero-order valence-electron chi connectivity index (χ0n) is 13.9. The van der Waals surface area contributed by atoms with E-state index < -0.39 is 0 Å². The zero-order valence-corrected chi connectivity index (χ0v) is 13.9. The Labute approximate surface area is 148 Å². The van der Waals surface area contributed by atoms with E-state index in [-0.39, 0.29) is 17.5 Å². The summed E-state index contributed by atoms with van der Waals surface area (Å²) in [6.45, 7) is 0.407. The number of carbonyl (C=O) groups is 1.